The van der Waals surface area contributed by atoms with Gasteiger partial charge in [-0.2, -0.15) is 5.21 Å². The number of benzene rings is 2. The molecule has 3 aromatic heterocycles. The Bertz CT molecular complexity index is 1190. The topological polar surface area (TPSA) is 85.2 Å². The molecule has 0 aliphatic carbocycles. The second-order valence-electron chi connectivity index (χ2n) is 6.20. The smallest absolute Gasteiger partial charge is 0.205 e. The second-order valence-corrected chi connectivity index (χ2v) is 6.20. The fourth-order valence-corrected chi connectivity index (χ4v) is 3.20. The van der Waals surface area contributed by atoms with Gasteiger partial charge >= 0.3 is 0 Å². The van der Waals surface area contributed by atoms with Crippen molar-refractivity contribution < 1.29 is 0 Å². The van der Waals surface area contributed by atoms with Crippen LogP contribution >= 0.6 is 0 Å². The van der Waals surface area contributed by atoms with Gasteiger partial charge in [0.2, 0.25) is 5.82 Å². The van der Waals surface area contributed by atoms with Crippen molar-refractivity contribution in [1.29, 1.82) is 0 Å². The molecule has 0 radical (unpaired) electrons. The monoisotopic (exact) mass is 353 g/mol. The molecule has 0 unspecified atom stereocenters. The van der Waals surface area contributed by atoms with Gasteiger partial charge in [-0.05, 0) is 34.0 Å². The van der Waals surface area contributed by atoms with Gasteiger partial charge in [0.25, 0.3) is 0 Å². The van der Waals surface area contributed by atoms with Crippen LogP contribution in [-0.4, -0.2) is 35.2 Å². The van der Waals surface area contributed by atoms with E-state index in [1.807, 2.05) is 36.7 Å². The summed E-state index contributed by atoms with van der Waals surface area (Å²) in [6.07, 6.45) is 3.62. The molecule has 1 N–H and O–H groups in total. The van der Waals surface area contributed by atoms with Crippen LogP contribution in [0, 0.1) is 0 Å². The Balaban J connectivity index is 1.46. The molecular weight excluding hydrogens is 338 g/mol. The molecule has 0 spiro atoms. The van der Waals surface area contributed by atoms with Gasteiger partial charge in [0.15, 0.2) is 5.65 Å². The Hall–Kier alpha value is -3.87. The molecule has 27 heavy (non-hydrogen) atoms. The summed E-state index contributed by atoms with van der Waals surface area (Å²) in [7, 11) is 0. The number of hydrogen-bond acceptors (Lipinski definition) is 5. The van der Waals surface area contributed by atoms with Crippen molar-refractivity contribution in [1.82, 2.24) is 35.2 Å². The van der Waals surface area contributed by atoms with E-state index >= 15 is 0 Å². The van der Waals surface area contributed by atoms with E-state index in [1.165, 1.54) is 5.56 Å². The Labute approximate surface area is 154 Å². The molecule has 7 nitrogen and oxygen atoms in total. The van der Waals surface area contributed by atoms with Crippen LogP contribution in [0.5, 0.6) is 0 Å². The third-order valence-electron chi connectivity index (χ3n) is 4.51. The largest absolute Gasteiger partial charge is 0.311 e. The number of aromatic nitrogens is 7. The molecule has 0 fully saturated rings. The molecular formula is C20H15N7. The van der Waals surface area contributed by atoms with Gasteiger partial charge in [-0.25, -0.2) is 9.97 Å². The lowest BCUT2D eigenvalue weighted by molar-refractivity contribution is 0.814. The van der Waals surface area contributed by atoms with E-state index in [-0.39, 0.29) is 0 Å². The minimum atomic E-state index is 0.589. The molecule has 5 rings (SSSR count). The Morgan fingerprint density at radius 1 is 0.852 bits per heavy atom. The average molecular weight is 353 g/mol. The van der Waals surface area contributed by atoms with E-state index in [2.05, 4.69) is 65.5 Å². The number of nitrogens with one attached hydrogen (secondary N) is 1. The summed E-state index contributed by atoms with van der Waals surface area (Å²) in [5.74, 6) is 0.589. The van der Waals surface area contributed by atoms with Crippen molar-refractivity contribution in [2.45, 2.75) is 6.54 Å². The van der Waals surface area contributed by atoms with Crippen molar-refractivity contribution in [3.8, 4) is 22.5 Å². The lowest BCUT2D eigenvalue weighted by atomic mass is 9.98. The molecule has 0 saturated heterocycles. The molecule has 7 heteroatoms. The van der Waals surface area contributed by atoms with E-state index in [0.29, 0.717) is 5.82 Å². The summed E-state index contributed by atoms with van der Waals surface area (Å²) < 4.78 is 2.05. The third kappa shape index (κ3) is 2.85. The van der Waals surface area contributed by atoms with Gasteiger partial charge in [0.05, 0.1) is 12.9 Å². The van der Waals surface area contributed by atoms with E-state index < -0.39 is 0 Å². The number of tetrazole rings is 1. The zero-order chi connectivity index (χ0) is 18.1. The molecule has 0 amide bonds. The van der Waals surface area contributed by atoms with Crippen LogP contribution in [-0.2, 0) is 6.54 Å². The van der Waals surface area contributed by atoms with Crippen LogP contribution in [0.4, 0.5) is 0 Å². The third-order valence-corrected chi connectivity index (χ3v) is 4.51. The first kappa shape index (κ1) is 15.4. The Morgan fingerprint density at radius 2 is 1.70 bits per heavy atom. The molecule has 5 aromatic rings. The zero-order valence-electron chi connectivity index (χ0n) is 14.3. The van der Waals surface area contributed by atoms with Crippen LogP contribution < -0.4 is 0 Å². The van der Waals surface area contributed by atoms with Crippen LogP contribution in [0.2, 0.25) is 0 Å². The maximum Gasteiger partial charge on any atom is 0.205 e. The SMILES string of the molecule is c1ccc(-c2nn[nH]n2)c(-c2ccc(Cn3cnc4cccnc43)cc2)c1. The van der Waals surface area contributed by atoms with Crippen LogP contribution in [0.25, 0.3) is 33.7 Å². The predicted octanol–water partition coefficient (Wildman–Crippen LogP) is 3.33. The van der Waals surface area contributed by atoms with Gasteiger partial charge in [-0.3, -0.25) is 0 Å². The number of rotatable bonds is 4. The number of H-pyrrole nitrogens is 1. The maximum atomic E-state index is 4.42. The number of pyridine rings is 1. The lowest BCUT2D eigenvalue weighted by Crippen LogP contribution is -1.99. The maximum absolute atomic E-state index is 4.42. The van der Waals surface area contributed by atoms with Crippen molar-refractivity contribution in [2.75, 3.05) is 0 Å². The number of hydrogen-bond donors (Lipinski definition) is 1. The number of imidazole rings is 1. The highest BCUT2D eigenvalue weighted by atomic mass is 15.5. The van der Waals surface area contributed by atoms with Gasteiger partial charge in [-0.15, -0.1) is 10.2 Å². The number of aromatic amines is 1. The zero-order valence-corrected chi connectivity index (χ0v) is 14.3. The molecule has 0 saturated carbocycles. The Kier molecular flexibility index (Phi) is 3.68. The highest BCUT2D eigenvalue weighted by molar-refractivity contribution is 5.80. The van der Waals surface area contributed by atoms with E-state index in [0.717, 1.165) is 34.4 Å². The molecule has 3 heterocycles. The highest BCUT2D eigenvalue weighted by Gasteiger charge is 2.10. The second kappa shape index (κ2) is 6.45. The minimum absolute atomic E-state index is 0.589. The molecule has 0 bridgehead atoms. The van der Waals surface area contributed by atoms with Crippen LogP contribution in [0.3, 0.4) is 0 Å². The van der Waals surface area contributed by atoms with Crippen LogP contribution in [0.15, 0.2) is 73.2 Å². The van der Waals surface area contributed by atoms with Gasteiger partial charge in [0, 0.05) is 11.8 Å². The van der Waals surface area contributed by atoms with Gasteiger partial charge in [0.1, 0.15) is 5.52 Å². The first-order valence-electron chi connectivity index (χ1n) is 8.56. The molecule has 2 aromatic carbocycles. The summed E-state index contributed by atoms with van der Waals surface area (Å²) in [6, 6.07) is 20.4. The van der Waals surface area contributed by atoms with Crippen molar-refractivity contribution in [2.24, 2.45) is 0 Å². The quantitative estimate of drug-likeness (QED) is 0.536. The predicted molar refractivity (Wildman–Crippen MR) is 102 cm³/mol. The van der Waals surface area contributed by atoms with E-state index in [9.17, 15) is 0 Å². The molecule has 0 aliphatic heterocycles. The summed E-state index contributed by atoms with van der Waals surface area (Å²) in [4.78, 5) is 8.82. The summed E-state index contributed by atoms with van der Waals surface area (Å²) in [5.41, 5.74) is 6.10. The summed E-state index contributed by atoms with van der Waals surface area (Å²) in [5, 5.41) is 14.4. The van der Waals surface area contributed by atoms with Crippen molar-refractivity contribution >= 4 is 11.2 Å². The standard InChI is InChI=1S/C20H15N7/c1-2-5-17(19-23-25-26-24-19)16(4-1)15-9-7-14(8-10-15)12-27-13-22-18-6-3-11-21-20(18)27/h1-11,13H,12H2,(H,23,24,25,26). The van der Waals surface area contributed by atoms with Crippen molar-refractivity contribution in [3.63, 3.8) is 0 Å². The van der Waals surface area contributed by atoms with E-state index in [4.69, 9.17) is 0 Å². The normalized spacial score (nSPS) is 11.1. The fraction of sp³-hybridized carbons (Fsp3) is 0.0500. The molecule has 0 atom stereocenters. The first-order valence-corrected chi connectivity index (χ1v) is 8.56. The van der Waals surface area contributed by atoms with Crippen LogP contribution in [0.1, 0.15) is 5.56 Å². The van der Waals surface area contributed by atoms with Gasteiger partial charge < -0.3 is 4.57 Å². The van der Waals surface area contributed by atoms with Gasteiger partial charge in [-0.1, -0.05) is 48.5 Å². The summed E-state index contributed by atoms with van der Waals surface area (Å²) in [6.45, 7) is 0.723. The average Bonchev–Trinajstić information content (AvgIpc) is 3.39. The first-order chi connectivity index (χ1) is 13.4. The fourth-order valence-electron chi connectivity index (χ4n) is 3.20. The minimum Gasteiger partial charge on any atom is -0.311 e. The Morgan fingerprint density at radius 3 is 2.52 bits per heavy atom. The molecule has 130 valence electrons. The molecule has 0 aliphatic rings. The number of nitrogens with zero attached hydrogens (tertiary/aromatic N) is 6. The number of fused-ring (bicyclic) bond motifs is 1. The lowest BCUT2D eigenvalue weighted by Gasteiger charge is -2.09. The highest BCUT2D eigenvalue weighted by Crippen LogP contribution is 2.29. The van der Waals surface area contributed by atoms with E-state index in [1.54, 1.807) is 6.20 Å². The van der Waals surface area contributed by atoms with Crippen molar-refractivity contribution in [3.05, 3.63) is 78.8 Å². The summed E-state index contributed by atoms with van der Waals surface area (Å²) >= 11 is 0.